The Morgan fingerprint density at radius 1 is 1.28 bits per heavy atom. The Hall–Kier alpha value is -1.06. The average Bonchev–Trinajstić information content (AvgIpc) is 2.39. The number of phenols is 1. The second-order valence-electron chi connectivity index (χ2n) is 4.97. The second kappa shape index (κ2) is 6.21. The van der Waals surface area contributed by atoms with E-state index in [2.05, 4.69) is 18.7 Å². The number of benzene rings is 1. The summed E-state index contributed by atoms with van der Waals surface area (Å²) in [5.41, 5.74) is 0.914. The van der Waals surface area contributed by atoms with Crippen molar-refractivity contribution in [3.05, 3.63) is 29.8 Å². The van der Waals surface area contributed by atoms with Crippen molar-refractivity contribution < 1.29 is 9.84 Å². The summed E-state index contributed by atoms with van der Waals surface area (Å²) in [4.78, 5) is 2.44. The van der Waals surface area contributed by atoms with Crippen molar-refractivity contribution in [2.45, 2.75) is 38.9 Å². The molecule has 0 aliphatic carbocycles. The lowest BCUT2D eigenvalue weighted by Gasteiger charge is -2.38. The molecule has 18 heavy (non-hydrogen) atoms. The van der Waals surface area contributed by atoms with Gasteiger partial charge in [0.05, 0.1) is 12.2 Å². The van der Waals surface area contributed by atoms with E-state index in [1.807, 2.05) is 18.2 Å². The zero-order chi connectivity index (χ0) is 13.0. The molecule has 0 spiro atoms. The third-order valence-corrected chi connectivity index (χ3v) is 3.52. The number of phenolic OH excluding ortho intramolecular Hbond substituents is 1. The van der Waals surface area contributed by atoms with Gasteiger partial charge < -0.3 is 9.84 Å². The lowest BCUT2D eigenvalue weighted by atomic mass is 10.0. The van der Waals surface area contributed by atoms with E-state index in [9.17, 15) is 5.11 Å². The molecule has 2 atom stereocenters. The normalized spacial score (nSPS) is 25.2. The number of para-hydroxylation sites is 1. The first-order chi connectivity index (χ1) is 8.74. The van der Waals surface area contributed by atoms with Gasteiger partial charge in [0.25, 0.3) is 0 Å². The lowest BCUT2D eigenvalue weighted by molar-refractivity contribution is -0.0888. The van der Waals surface area contributed by atoms with E-state index in [1.54, 1.807) is 6.07 Å². The van der Waals surface area contributed by atoms with E-state index in [4.69, 9.17) is 4.74 Å². The number of hydrogen-bond donors (Lipinski definition) is 1. The molecule has 1 aromatic carbocycles. The minimum atomic E-state index is -0.00329. The first-order valence-electron chi connectivity index (χ1n) is 6.90. The zero-order valence-corrected chi connectivity index (χ0v) is 11.3. The van der Waals surface area contributed by atoms with Crippen molar-refractivity contribution >= 4 is 0 Å². The molecule has 3 nitrogen and oxygen atoms in total. The summed E-state index contributed by atoms with van der Waals surface area (Å²) in [6.07, 6.45) is 2.44. The highest BCUT2D eigenvalue weighted by Crippen LogP contribution is 2.31. The van der Waals surface area contributed by atoms with Crippen molar-refractivity contribution in [3.8, 4) is 5.75 Å². The molecule has 3 heteroatoms. The summed E-state index contributed by atoms with van der Waals surface area (Å²) in [7, 11) is 0. The summed E-state index contributed by atoms with van der Waals surface area (Å²) >= 11 is 0. The van der Waals surface area contributed by atoms with Gasteiger partial charge in [-0.3, -0.25) is 4.90 Å². The number of hydrogen-bond acceptors (Lipinski definition) is 3. The third kappa shape index (κ3) is 3.03. The van der Waals surface area contributed by atoms with E-state index in [1.165, 1.54) is 0 Å². The van der Waals surface area contributed by atoms with E-state index in [0.717, 1.165) is 38.0 Å². The largest absolute Gasteiger partial charge is 0.508 e. The predicted molar refractivity (Wildman–Crippen MR) is 72.7 cm³/mol. The maximum Gasteiger partial charge on any atom is 0.121 e. The Morgan fingerprint density at radius 2 is 2.06 bits per heavy atom. The fraction of sp³-hybridized carbons (Fsp3) is 0.600. The van der Waals surface area contributed by atoms with E-state index in [-0.39, 0.29) is 12.2 Å². The topological polar surface area (TPSA) is 32.7 Å². The van der Waals surface area contributed by atoms with Gasteiger partial charge in [-0.2, -0.15) is 0 Å². The maximum absolute atomic E-state index is 9.94. The Balaban J connectivity index is 2.14. The van der Waals surface area contributed by atoms with Gasteiger partial charge in [0.2, 0.25) is 0 Å². The molecule has 0 aromatic heterocycles. The molecule has 0 radical (unpaired) electrons. The smallest absolute Gasteiger partial charge is 0.121 e. The molecule has 1 aliphatic heterocycles. The molecule has 0 bridgehead atoms. The molecule has 1 aromatic rings. The molecule has 1 heterocycles. The van der Waals surface area contributed by atoms with Crippen molar-refractivity contribution in [2.24, 2.45) is 0 Å². The van der Waals surface area contributed by atoms with Crippen LogP contribution in [0, 0.1) is 0 Å². The fourth-order valence-electron chi connectivity index (χ4n) is 2.57. The van der Waals surface area contributed by atoms with E-state index < -0.39 is 0 Å². The Bertz CT molecular complexity index is 381. The minimum absolute atomic E-state index is 0.00329. The van der Waals surface area contributed by atoms with Crippen LogP contribution in [-0.2, 0) is 4.74 Å². The maximum atomic E-state index is 9.94. The average molecular weight is 249 g/mol. The molecule has 1 fully saturated rings. The summed E-state index contributed by atoms with van der Waals surface area (Å²) in [5, 5.41) is 9.94. The van der Waals surface area contributed by atoms with Crippen LogP contribution < -0.4 is 0 Å². The molecule has 0 amide bonds. The Labute approximate surface area is 109 Å². The van der Waals surface area contributed by atoms with Crippen molar-refractivity contribution in [1.29, 1.82) is 0 Å². The van der Waals surface area contributed by atoms with Gasteiger partial charge in [0.1, 0.15) is 5.75 Å². The molecule has 1 aliphatic rings. The van der Waals surface area contributed by atoms with Gasteiger partial charge in [0, 0.05) is 18.7 Å². The van der Waals surface area contributed by atoms with Crippen molar-refractivity contribution in [3.63, 3.8) is 0 Å². The van der Waals surface area contributed by atoms with E-state index in [0.29, 0.717) is 5.75 Å². The van der Waals surface area contributed by atoms with Gasteiger partial charge in [-0.25, -0.2) is 0 Å². The van der Waals surface area contributed by atoms with Crippen LogP contribution in [0.3, 0.4) is 0 Å². The highest BCUT2D eigenvalue weighted by Gasteiger charge is 2.28. The lowest BCUT2D eigenvalue weighted by Crippen LogP contribution is -2.44. The molecule has 100 valence electrons. The zero-order valence-electron chi connectivity index (χ0n) is 11.3. The molecule has 0 saturated carbocycles. The monoisotopic (exact) mass is 249 g/mol. The number of nitrogens with zero attached hydrogens (tertiary/aromatic N) is 1. The first-order valence-corrected chi connectivity index (χ1v) is 6.90. The van der Waals surface area contributed by atoms with Crippen molar-refractivity contribution in [1.82, 2.24) is 4.90 Å². The van der Waals surface area contributed by atoms with Gasteiger partial charge in [-0.15, -0.1) is 0 Å². The highest BCUT2D eigenvalue weighted by molar-refractivity contribution is 5.34. The summed E-state index contributed by atoms with van der Waals surface area (Å²) in [5.74, 6) is 0.343. The first kappa shape index (κ1) is 13.4. The van der Waals surface area contributed by atoms with Crippen LogP contribution in [0.4, 0.5) is 0 Å². The summed E-state index contributed by atoms with van der Waals surface area (Å²) in [6.45, 7) is 7.34. The highest BCUT2D eigenvalue weighted by atomic mass is 16.5. The predicted octanol–water partition coefficient (Wildman–Crippen LogP) is 2.95. The van der Waals surface area contributed by atoms with Crippen LogP contribution in [0.1, 0.15) is 38.4 Å². The number of rotatable bonds is 4. The SMILES string of the molecule is CCCN1CC(CC)OC(c2ccccc2O)C1. The molecule has 1 saturated heterocycles. The van der Waals surface area contributed by atoms with Crippen LogP contribution in [-0.4, -0.2) is 35.7 Å². The van der Waals surface area contributed by atoms with Crippen LogP contribution in [0.2, 0.25) is 0 Å². The summed E-state index contributed by atoms with van der Waals surface area (Å²) in [6, 6.07) is 7.50. The van der Waals surface area contributed by atoms with Crippen LogP contribution in [0.15, 0.2) is 24.3 Å². The van der Waals surface area contributed by atoms with Gasteiger partial charge in [0.15, 0.2) is 0 Å². The number of ether oxygens (including phenoxy) is 1. The van der Waals surface area contributed by atoms with Crippen molar-refractivity contribution in [2.75, 3.05) is 19.6 Å². The molecule has 2 rings (SSSR count). The minimum Gasteiger partial charge on any atom is -0.508 e. The Kier molecular flexibility index (Phi) is 4.61. The Morgan fingerprint density at radius 3 is 2.72 bits per heavy atom. The number of morpholine rings is 1. The quantitative estimate of drug-likeness (QED) is 0.890. The molecule has 2 unspecified atom stereocenters. The van der Waals surface area contributed by atoms with Crippen LogP contribution in [0.5, 0.6) is 5.75 Å². The standard InChI is InChI=1S/C15H23NO2/c1-3-9-16-10-12(4-2)18-15(11-16)13-7-5-6-8-14(13)17/h5-8,12,15,17H,3-4,9-11H2,1-2H3. The summed E-state index contributed by atoms with van der Waals surface area (Å²) < 4.78 is 6.08. The van der Waals surface area contributed by atoms with Gasteiger partial charge >= 0.3 is 0 Å². The van der Waals surface area contributed by atoms with E-state index >= 15 is 0 Å². The third-order valence-electron chi connectivity index (χ3n) is 3.52. The van der Waals surface area contributed by atoms with Gasteiger partial charge in [-0.1, -0.05) is 32.0 Å². The molecule has 1 N–H and O–H groups in total. The second-order valence-corrected chi connectivity index (χ2v) is 4.97. The molecular weight excluding hydrogens is 226 g/mol. The number of aromatic hydroxyl groups is 1. The van der Waals surface area contributed by atoms with Gasteiger partial charge in [-0.05, 0) is 25.5 Å². The van der Waals surface area contributed by atoms with Crippen LogP contribution in [0.25, 0.3) is 0 Å². The van der Waals surface area contributed by atoms with Crippen LogP contribution >= 0.6 is 0 Å². The fourth-order valence-corrected chi connectivity index (χ4v) is 2.57. The molecular formula is C15H23NO2.